The van der Waals surface area contributed by atoms with E-state index in [1.54, 1.807) is 0 Å². The Hall–Kier alpha value is -0.610. The van der Waals surface area contributed by atoms with Crippen molar-refractivity contribution < 1.29 is 9.53 Å². The fourth-order valence-electron chi connectivity index (χ4n) is 1.93. The number of amides is 1. The third kappa shape index (κ3) is 1.32. The third-order valence-electron chi connectivity index (χ3n) is 2.54. The molecule has 0 radical (unpaired) electrons. The molecule has 2 aliphatic heterocycles. The Morgan fingerprint density at radius 3 is 3.17 bits per heavy atom. The molecule has 2 saturated heterocycles. The first-order chi connectivity index (χ1) is 5.77. The molecule has 4 heteroatoms. The first-order valence-electron chi connectivity index (χ1n) is 4.39. The van der Waals surface area contributed by atoms with Crippen molar-refractivity contribution in [2.75, 3.05) is 19.7 Å². The van der Waals surface area contributed by atoms with E-state index in [0.717, 1.165) is 13.1 Å². The second kappa shape index (κ2) is 3.03. The molecule has 2 rings (SSSR count). The minimum atomic E-state index is 0.00662. The number of carbonyl (C=O) groups is 1. The summed E-state index contributed by atoms with van der Waals surface area (Å²) in [6.45, 7) is 4.19. The molecule has 2 N–H and O–H groups in total. The predicted molar refractivity (Wildman–Crippen MR) is 43.7 cm³/mol. The molecule has 2 heterocycles. The second-order valence-corrected chi connectivity index (χ2v) is 3.59. The van der Waals surface area contributed by atoms with Crippen LogP contribution in [0.25, 0.3) is 0 Å². The summed E-state index contributed by atoms with van der Waals surface area (Å²) >= 11 is 0. The zero-order valence-electron chi connectivity index (χ0n) is 7.17. The maximum Gasteiger partial charge on any atom is 0.246 e. The SMILES string of the molecule is C[C@H]1CNC[C@H]2NC(=O)COC12. The van der Waals surface area contributed by atoms with Crippen LogP contribution in [0.4, 0.5) is 0 Å². The molecule has 68 valence electrons. The number of fused-ring (bicyclic) bond motifs is 1. The number of hydrogen-bond acceptors (Lipinski definition) is 3. The van der Waals surface area contributed by atoms with Crippen LogP contribution >= 0.6 is 0 Å². The molecule has 0 aromatic heterocycles. The molecule has 1 amide bonds. The van der Waals surface area contributed by atoms with E-state index in [4.69, 9.17) is 4.74 Å². The average Bonchev–Trinajstić information content (AvgIpc) is 2.04. The number of ether oxygens (including phenoxy) is 1. The van der Waals surface area contributed by atoms with Crippen molar-refractivity contribution in [1.29, 1.82) is 0 Å². The van der Waals surface area contributed by atoms with Gasteiger partial charge in [0, 0.05) is 13.1 Å². The van der Waals surface area contributed by atoms with Gasteiger partial charge in [0.15, 0.2) is 0 Å². The maximum absolute atomic E-state index is 11.0. The van der Waals surface area contributed by atoms with Gasteiger partial charge in [-0.2, -0.15) is 0 Å². The van der Waals surface area contributed by atoms with Crippen LogP contribution in [0.2, 0.25) is 0 Å². The van der Waals surface area contributed by atoms with Crippen LogP contribution < -0.4 is 10.6 Å². The van der Waals surface area contributed by atoms with E-state index in [1.807, 2.05) is 0 Å². The molecule has 12 heavy (non-hydrogen) atoms. The van der Waals surface area contributed by atoms with Crippen molar-refractivity contribution in [2.24, 2.45) is 5.92 Å². The number of nitrogens with one attached hydrogen (secondary N) is 2. The lowest BCUT2D eigenvalue weighted by atomic mass is 9.93. The molecule has 1 unspecified atom stereocenters. The van der Waals surface area contributed by atoms with Crippen molar-refractivity contribution in [3.63, 3.8) is 0 Å². The smallest absolute Gasteiger partial charge is 0.246 e. The van der Waals surface area contributed by atoms with Gasteiger partial charge < -0.3 is 15.4 Å². The summed E-state index contributed by atoms with van der Waals surface area (Å²) in [7, 11) is 0. The summed E-state index contributed by atoms with van der Waals surface area (Å²) in [5.41, 5.74) is 0. The molecule has 3 atom stereocenters. The lowest BCUT2D eigenvalue weighted by Crippen LogP contribution is -2.62. The number of carbonyl (C=O) groups excluding carboxylic acids is 1. The van der Waals surface area contributed by atoms with Crippen LogP contribution in [0, 0.1) is 5.92 Å². The minimum absolute atomic E-state index is 0.00662. The molecular formula is C8H14N2O2. The van der Waals surface area contributed by atoms with Gasteiger partial charge in [-0.25, -0.2) is 0 Å². The van der Waals surface area contributed by atoms with Gasteiger partial charge >= 0.3 is 0 Å². The Morgan fingerprint density at radius 1 is 1.50 bits per heavy atom. The first kappa shape index (κ1) is 8.01. The highest BCUT2D eigenvalue weighted by Gasteiger charge is 2.35. The summed E-state index contributed by atoms with van der Waals surface area (Å²) in [4.78, 5) is 11.0. The van der Waals surface area contributed by atoms with E-state index in [9.17, 15) is 4.79 Å². The molecule has 0 aromatic rings. The lowest BCUT2D eigenvalue weighted by molar-refractivity contribution is -0.141. The van der Waals surface area contributed by atoms with E-state index in [1.165, 1.54) is 0 Å². The van der Waals surface area contributed by atoms with E-state index >= 15 is 0 Å². The topological polar surface area (TPSA) is 50.4 Å². The van der Waals surface area contributed by atoms with Crippen molar-refractivity contribution in [3.05, 3.63) is 0 Å². The largest absolute Gasteiger partial charge is 0.366 e. The lowest BCUT2D eigenvalue weighted by Gasteiger charge is -2.40. The number of morpholine rings is 1. The van der Waals surface area contributed by atoms with Gasteiger partial charge in [-0.1, -0.05) is 6.92 Å². The number of piperidine rings is 1. The van der Waals surface area contributed by atoms with E-state index in [2.05, 4.69) is 17.6 Å². The van der Waals surface area contributed by atoms with Crippen LogP contribution in [0.5, 0.6) is 0 Å². The van der Waals surface area contributed by atoms with Crippen LogP contribution in [0.1, 0.15) is 6.92 Å². The highest BCUT2D eigenvalue weighted by atomic mass is 16.5. The Balaban J connectivity index is 2.04. The summed E-state index contributed by atoms with van der Waals surface area (Å²) in [6, 6.07) is 0.176. The van der Waals surface area contributed by atoms with Crippen LogP contribution in [0.15, 0.2) is 0 Å². The van der Waals surface area contributed by atoms with Crippen molar-refractivity contribution in [1.82, 2.24) is 10.6 Å². The quantitative estimate of drug-likeness (QED) is 0.496. The Kier molecular flexibility index (Phi) is 2.02. The zero-order chi connectivity index (χ0) is 8.55. The molecule has 0 spiro atoms. The zero-order valence-corrected chi connectivity index (χ0v) is 7.17. The molecule has 2 aliphatic rings. The third-order valence-corrected chi connectivity index (χ3v) is 2.54. The van der Waals surface area contributed by atoms with Gasteiger partial charge in [-0.15, -0.1) is 0 Å². The van der Waals surface area contributed by atoms with Gasteiger partial charge in [0.2, 0.25) is 5.91 Å². The van der Waals surface area contributed by atoms with Gasteiger partial charge in [0.05, 0.1) is 12.1 Å². The highest BCUT2D eigenvalue weighted by molar-refractivity contribution is 5.78. The van der Waals surface area contributed by atoms with Crippen LogP contribution in [-0.2, 0) is 9.53 Å². The average molecular weight is 170 g/mol. The molecule has 0 saturated carbocycles. The number of hydrogen-bond donors (Lipinski definition) is 2. The minimum Gasteiger partial charge on any atom is -0.366 e. The van der Waals surface area contributed by atoms with Gasteiger partial charge in [-0.3, -0.25) is 4.79 Å². The Morgan fingerprint density at radius 2 is 2.33 bits per heavy atom. The van der Waals surface area contributed by atoms with E-state index < -0.39 is 0 Å². The Labute approximate surface area is 71.7 Å². The summed E-state index contributed by atoms with van der Waals surface area (Å²) in [5.74, 6) is 0.497. The van der Waals surface area contributed by atoms with E-state index in [0.29, 0.717) is 5.92 Å². The Bertz CT molecular complexity index is 195. The first-order valence-corrected chi connectivity index (χ1v) is 4.39. The van der Waals surface area contributed by atoms with Crippen LogP contribution in [-0.4, -0.2) is 37.7 Å². The van der Waals surface area contributed by atoms with Gasteiger partial charge in [-0.05, 0) is 5.92 Å². The van der Waals surface area contributed by atoms with E-state index in [-0.39, 0.29) is 24.7 Å². The monoisotopic (exact) mass is 170 g/mol. The van der Waals surface area contributed by atoms with Gasteiger partial charge in [0.25, 0.3) is 0 Å². The van der Waals surface area contributed by atoms with Crippen molar-refractivity contribution in [2.45, 2.75) is 19.1 Å². The molecule has 4 nitrogen and oxygen atoms in total. The standard InChI is InChI=1S/C8H14N2O2/c1-5-2-9-3-6-8(5)12-4-7(11)10-6/h5-6,8-9H,2-4H2,1H3,(H,10,11)/t5-,6+,8?/m0/s1. The molecule has 0 aromatic carbocycles. The molecular weight excluding hydrogens is 156 g/mol. The highest BCUT2D eigenvalue weighted by Crippen LogP contribution is 2.17. The molecule has 2 fully saturated rings. The normalized spacial score (nSPS) is 41.8. The summed E-state index contributed by atoms with van der Waals surface area (Å²) < 4.78 is 5.45. The van der Waals surface area contributed by atoms with Gasteiger partial charge in [0.1, 0.15) is 6.61 Å². The van der Waals surface area contributed by atoms with Crippen molar-refractivity contribution >= 4 is 5.91 Å². The fourth-order valence-corrected chi connectivity index (χ4v) is 1.93. The fraction of sp³-hybridized carbons (Fsp3) is 0.875. The molecule has 0 bridgehead atoms. The van der Waals surface area contributed by atoms with Crippen LogP contribution in [0.3, 0.4) is 0 Å². The summed E-state index contributed by atoms with van der Waals surface area (Å²) in [6.07, 6.45) is 0.212. The number of rotatable bonds is 0. The second-order valence-electron chi connectivity index (χ2n) is 3.59. The maximum atomic E-state index is 11.0. The predicted octanol–water partition coefficient (Wildman–Crippen LogP) is -0.891. The summed E-state index contributed by atoms with van der Waals surface area (Å²) in [5, 5.41) is 6.18. The van der Waals surface area contributed by atoms with Crippen molar-refractivity contribution in [3.8, 4) is 0 Å². The molecule has 0 aliphatic carbocycles.